The highest BCUT2D eigenvalue weighted by Crippen LogP contribution is 2.10. The molecule has 1 aliphatic heterocycles. The van der Waals surface area contributed by atoms with Crippen LogP contribution in [0.25, 0.3) is 0 Å². The molecule has 0 unspecified atom stereocenters. The Bertz CT molecular complexity index is 503. The van der Waals surface area contributed by atoms with Crippen LogP contribution in [0.3, 0.4) is 0 Å². The highest BCUT2D eigenvalue weighted by Gasteiger charge is 2.25. The van der Waals surface area contributed by atoms with Crippen molar-refractivity contribution in [1.29, 1.82) is 0 Å². The molecule has 2 heterocycles. The van der Waals surface area contributed by atoms with Crippen molar-refractivity contribution in [3.63, 3.8) is 0 Å². The third-order valence-electron chi connectivity index (χ3n) is 3.42. The average Bonchev–Trinajstić information content (AvgIpc) is 3.00. The van der Waals surface area contributed by atoms with Gasteiger partial charge in [0.2, 0.25) is 5.91 Å². The molecule has 1 fully saturated rings. The molecule has 0 aromatic carbocycles. The highest BCUT2D eigenvalue weighted by atomic mass is 16.4. The number of piperazine rings is 1. The summed E-state index contributed by atoms with van der Waals surface area (Å²) in [6, 6.07) is 3.27. The van der Waals surface area contributed by atoms with Crippen LogP contribution in [0.2, 0.25) is 0 Å². The SMILES string of the molecule is O=C([O-])CCCC(=O)N1CCN(C(=O)c2ccco2)CC1. The summed E-state index contributed by atoms with van der Waals surface area (Å²) in [7, 11) is 0. The lowest BCUT2D eigenvalue weighted by Gasteiger charge is -2.34. The van der Waals surface area contributed by atoms with Crippen LogP contribution in [-0.4, -0.2) is 53.8 Å². The van der Waals surface area contributed by atoms with Crippen molar-refractivity contribution in [3.8, 4) is 0 Å². The van der Waals surface area contributed by atoms with Gasteiger partial charge in [0, 0.05) is 38.6 Å². The van der Waals surface area contributed by atoms with E-state index in [2.05, 4.69) is 0 Å². The molecule has 0 spiro atoms. The summed E-state index contributed by atoms with van der Waals surface area (Å²) in [6.07, 6.45) is 1.82. The molecule has 114 valence electrons. The maximum Gasteiger partial charge on any atom is 0.289 e. The summed E-state index contributed by atoms with van der Waals surface area (Å²) < 4.78 is 5.07. The number of rotatable bonds is 5. The van der Waals surface area contributed by atoms with Crippen LogP contribution in [-0.2, 0) is 9.59 Å². The van der Waals surface area contributed by atoms with E-state index in [0.717, 1.165) is 0 Å². The molecule has 0 bridgehead atoms. The van der Waals surface area contributed by atoms with Crippen LogP contribution in [0, 0.1) is 0 Å². The smallest absolute Gasteiger partial charge is 0.289 e. The van der Waals surface area contributed by atoms with Crippen LogP contribution < -0.4 is 5.11 Å². The summed E-state index contributed by atoms with van der Waals surface area (Å²) in [5, 5.41) is 10.3. The zero-order valence-corrected chi connectivity index (χ0v) is 11.6. The molecule has 0 radical (unpaired) electrons. The number of furan rings is 1. The molecule has 0 N–H and O–H groups in total. The number of hydrogen-bond acceptors (Lipinski definition) is 5. The number of nitrogens with zero attached hydrogens (tertiary/aromatic N) is 2. The molecule has 21 heavy (non-hydrogen) atoms. The minimum Gasteiger partial charge on any atom is -0.550 e. The van der Waals surface area contributed by atoms with Crippen LogP contribution >= 0.6 is 0 Å². The first-order valence-electron chi connectivity index (χ1n) is 6.88. The molecule has 0 atom stereocenters. The molecular formula is C14H17N2O5-. The monoisotopic (exact) mass is 293 g/mol. The van der Waals surface area contributed by atoms with Crippen LogP contribution in [0.4, 0.5) is 0 Å². The fourth-order valence-corrected chi connectivity index (χ4v) is 2.26. The molecule has 1 aliphatic rings. The zero-order chi connectivity index (χ0) is 15.2. The van der Waals surface area contributed by atoms with Gasteiger partial charge in [-0.15, -0.1) is 0 Å². The van der Waals surface area contributed by atoms with E-state index in [4.69, 9.17) is 4.42 Å². The number of aliphatic carboxylic acids is 1. The second kappa shape index (κ2) is 6.92. The van der Waals surface area contributed by atoms with E-state index in [-0.39, 0.29) is 31.1 Å². The highest BCUT2D eigenvalue weighted by molar-refractivity contribution is 5.91. The Kier molecular flexibility index (Phi) is 4.97. The van der Waals surface area contributed by atoms with Gasteiger partial charge in [-0.1, -0.05) is 0 Å². The lowest BCUT2D eigenvalue weighted by Crippen LogP contribution is -2.50. The molecule has 1 aromatic rings. The topological polar surface area (TPSA) is 93.9 Å². The summed E-state index contributed by atoms with van der Waals surface area (Å²) in [6.45, 7) is 1.81. The van der Waals surface area contributed by atoms with Crippen LogP contribution in [0.1, 0.15) is 29.8 Å². The van der Waals surface area contributed by atoms with E-state index >= 15 is 0 Å². The molecule has 0 saturated carbocycles. The average molecular weight is 293 g/mol. The molecule has 7 nitrogen and oxygen atoms in total. The number of carboxylic acids is 1. The van der Waals surface area contributed by atoms with Gasteiger partial charge in [0.05, 0.1) is 6.26 Å². The first-order valence-corrected chi connectivity index (χ1v) is 6.88. The van der Waals surface area contributed by atoms with Gasteiger partial charge in [0.25, 0.3) is 5.91 Å². The van der Waals surface area contributed by atoms with Crippen molar-refractivity contribution in [1.82, 2.24) is 9.80 Å². The van der Waals surface area contributed by atoms with Crippen LogP contribution in [0.15, 0.2) is 22.8 Å². The van der Waals surface area contributed by atoms with Gasteiger partial charge in [0.1, 0.15) is 0 Å². The molecule has 1 aromatic heterocycles. The second-order valence-corrected chi connectivity index (χ2v) is 4.88. The number of hydrogen-bond donors (Lipinski definition) is 0. The number of carbonyl (C=O) groups is 3. The Labute approximate surface area is 122 Å². The molecular weight excluding hydrogens is 276 g/mol. The van der Waals surface area contributed by atoms with Crippen molar-refractivity contribution < 1.29 is 23.9 Å². The summed E-state index contributed by atoms with van der Waals surface area (Å²) >= 11 is 0. The zero-order valence-electron chi connectivity index (χ0n) is 11.6. The fourth-order valence-electron chi connectivity index (χ4n) is 2.26. The van der Waals surface area contributed by atoms with Crippen molar-refractivity contribution in [2.24, 2.45) is 0 Å². The second-order valence-electron chi connectivity index (χ2n) is 4.88. The van der Waals surface area contributed by atoms with E-state index in [1.807, 2.05) is 0 Å². The maximum atomic E-state index is 12.0. The quantitative estimate of drug-likeness (QED) is 0.728. The number of carbonyl (C=O) groups excluding carboxylic acids is 3. The predicted octanol–water partition coefficient (Wildman–Crippen LogP) is -0.516. The van der Waals surface area contributed by atoms with Gasteiger partial charge >= 0.3 is 0 Å². The van der Waals surface area contributed by atoms with Gasteiger partial charge in [-0.3, -0.25) is 9.59 Å². The molecule has 2 rings (SSSR count). The lowest BCUT2D eigenvalue weighted by atomic mass is 10.2. The third kappa shape index (κ3) is 4.08. The third-order valence-corrected chi connectivity index (χ3v) is 3.42. The minimum absolute atomic E-state index is 0.0821. The van der Waals surface area contributed by atoms with Crippen LogP contribution in [0.5, 0.6) is 0 Å². The van der Waals surface area contributed by atoms with Gasteiger partial charge < -0.3 is 24.1 Å². The normalized spacial score (nSPS) is 15.0. The Morgan fingerprint density at radius 2 is 1.76 bits per heavy atom. The first-order chi connectivity index (χ1) is 10.1. The summed E-state index contributed by atoms with van der Waals surface area (Å²) in [4.78, 5) is 37.5. The maximum absolute atomic E-state index is 12.0. The predicted molar refractivity (Wildman–Crippen MR) is 70.0 cm³/mol. The molecule has 0 aliphatic carbocycles. The number of amides is 2. The standard InChI is InChI=1S/C14H18N2O5/c17-12(4-1-5-13(18)19)15-6-8-16(9-7-15)14(20)11-3-2-10-21-11/h2-3,10H,1,4-9H2,(H,18,19)/p-1. The van der Waals surface area contributed by atoms with Gasteiger partial charge in [-0.25, -0.2) is 0 Å². The summed E-state index contributed by atoms with van der Waals surface area (Å²) in [5.41, 5.74) is 0. The Morgan fingerprint density at radius 1 is 1.10 bits per heavy atom. The van der Waals surface area contributed by atoms with Crippen molar-refractivity contribution in [2.45, 2.75) is 19.3 Å². The van der Waals surface area contributed by atoms with E-state index in [1.165, 1.54) is 6.26 Å². The Hall–Kier alpha value is -2.31. The van der Waals surface area contributed by atoms with Crippen molar-refractivity contribution in [3.05, 3.63) is 24.2 Å². The van der Waals surface area contributed by atoms with Gasteiger partial charge in [-0.05, 0) is 25.0 Å². The number of carboxylic acid groups (broad SMARTS) is 1. The van der Waals surface area contributed by atoms with Crippen molar-refractivity contribution >= 4 is 17.8 Å². The van der Waals surface area contributed by atoms with Crippen molar-refractivity contribution in [2.75, 3.05) is 26.2 Å². The molecule has 2 amide bonds. The summed E-state index contributed by atoms with van der Waals surface area (Å²) in [5.74, 6) is -1.11. The van der Waals surface area contributed by atoms with E-state index in [1.54, 1.807) is 21.9 Å². The fraction of sp³-hybridized carbons (Fsp3) is 0.500. The van der Waals surface area contributed by atoms with Gasteiger partial charge in [0.15, 0.2) is 5.76 Å². The van der Waals surface area contributed by atoms with E-state index < -0.39 is 5.97 Å². The largest absolute Gasteiger partial charge is 0.550 e. The van der Waals surface area contributed by atoms with Gasteiger partial charge in [-0.2, -0.15) is 0 Å². The minimum atomic E-state index is -1.14. The van der Waals surface area contributed by atoms with E-state index in [0.29, 0.717) is 31.9 Å². The Balaban J connectivity index is 1.76. The molecule has 1 saturated heterocycles. The first kappa shape index (κ1) is 15.1. The Morgan fingerprint density at radius 3 is 2.33 bits per heavy atom. The van der Waals surface area contributed by atoms with E-state index in [9.17, 15) is 19.5 Å². The lowest BCUT2D eigenvalue weighted by molar-refractivity contribution is -0.305. The molecule has 7 heteroatoms.